The fraction of sp³-hybridized carbons (Fsp3) is 0.273. The van der Waals surface area contributed by atoms with Crippen LogP contribution in [0.15, 0.2) is 67.0 Å². The van der Waals surface area contributed by atoms with Gasteiger partial charge in [0.1, 0.15) is 0 Å². The van der Waals surface area contributed by atoms with Gasteiger partial charge in [-0.1, -0.05) is 12.1 Å². The van der Waals surface area contributed by atoms with Gasteiger partial charge in [-0.25, -0.2) is 0 Å². The summed E-state index contributed by atoms with van der Waals surface area (Å²) in [5.74, 6) is 0. The molecule has 3 heterocycles. The average Bonchev–Trinajstić information content (AvgIpc) is 3.36. The van der Waals surface area contributed by atoms with Gasteiger partial charge < -0.3 is 19.9 Å². The molecule has 4 rings (SSSR count). The summed E-state index contributed by atoms with van der Waals surface area (Å²) < 4.78 is 41.6. The molecule has 5 nitrogen and oxygen atoms in total. The molecule has 2 N–H and O–H groups in total. The number of halogens is 3. The molecule has 1 saturated heterocycles. The molecule has 0 saturated carbocycles. The molecule has 2 aromatic heterocycles. The number of rotatable bonds is 6. The summed E-state index contributed by atoms with van der Waals surface area (Å²) in [6, 6.07) is 13.9. The molecule has 0 radical (unpaired) electrons. The molecular weight excluding hydrogens is 425 g/mol. The number of pyridine rings is 1. The molecule has 0 bridgehead atoms. The van der Waals surface area contributed by atoms with Crippen LogP contribution in [0.3, 0.4) is 0 Å². The quantitative estimate of drug-likeness (QED) is 0.555. The first-order valence-corrected chi connectivity index (χ1v) is 10.2. The van der Waals surface area contributed by atoms with E-state index in [9.17, 15) is 18.3 Å². The highest BCUT2D eigenvalue weighted by atomic mass is 32.1. The van der Waals surface area contributed by atoms with Crippen LogP contribution < -0.4 is 5.32 Å². The number of alkyl halides is 3. The highest BCUT2D eigenvalue weighted by Crippen LogP contribution is 2.40. The van der Waals surface area contributed by atoms with Gasteiger partial charge in [-0.3, -0.25) is 4.98 Å². The van der Waals surface area contributed by atoms with Gasteiger partial charge in [0, 0.05) is 36.9 Å². The number of hydrogen-bond donors (Lipinski definition) is 2. The molecule has 3 aromatic rings. The highest BCUT2D eigenvalue weighted by molar-refractivity contribution is 7.80. The van der Waals surface area contributed by atoms with Gasteiger partial charge in [0.05, 0.1) is 23.3 Å². The summed E-state index contributed by atoms with van der Waals surface area (Å²) in [4.78, 5) is 6.43. The third-order valence-corrected chi connectivity index (χ3v) is 5.64. The van der Waals surface area contributed by atoms with Crippen LogP contribution in [-0.4, -0.2) is 37.8 Å². The molecule has 0 aliphatic carbocycles. The van der Waals surface area contributed by atoms with Crippen LogP contribution in [0.2, 0.25) is 0 Å². The lowest BCUT2D eigenvalue weighted by Crippen LogP contribution is -2.31. The Kier molecular flexibility index (Phi) is 5.97. The van der Waals surface area contributed by atoms with Crippen molar-refractivity contribution in [1.29, 1.82) is 0 Å². The van der Waals surface area contributed by atoms with Crippen molar-refractivity contribution in [2.75, 3.05) is 13.2 Å². The van der Waals surface area contributed by atoms with Crippen molar-refractivity contribution in [2.45, 2.75) is 24.7 Å². The number of aromatic nitrogens is 2. The number of aliphatic hydroxyl groups excluding tert-OH is 1. The summed E-state index contributed by atoms with van der Waals surface area (Å²) in [6.45, 7) is 0.513. The van der Waals surface area contributed by atoms with Crippen LogP contribution in [0.5, 0.6) is 0 Å². The monoisotopic (exact) mass is 446 g/mol. The zero-order chi connectivity index (χ0) is 22.0. The summed E-state index contributed by atoms with van der Waals surface area (Å²) in [5.41, 5.74) is 1.26. The van der Waals surface area contributed by atoms with Crippen LogP contribution in [0.4, 0.5) is 13.2 Å². The van der Waals surface area contributed by atoms with E-state index >= 15 is 0 Å². The zero-order valence-corrected chi connectivity index (χ0v) is 17.3. The summed E-state index contributed by atoms with van der Waals surface area (Å²) in [6.07, 6.45) is -0.480. The van der Waals surface area contributed by atoms with Crippen LogP contribution in [-0.2, 0) is 6.18 Å². The van der Waals surface area contributed by atoms with Crippen molar-refractivity contribution in [2.24, 2.45) is 0 Å². The molecule has 0 spiro atoms. The molecule has 0 amide bonds. The predicted molar refractivity (Wildman–Crippen MR) is 115 cm³/mol. The van der Waals surface area contributed by atoms with Crippen molar-refractivity contribution in [3.05, 3.63) is 83.9 Å². The van der Waals surface area contributed by atoms with E-state index in [-0.39, 0.29) is 18.7 Å². The number of thiocarbonyl (C=S) groups is 1. The maximum atomic E-state index is 13.3. The molecule has 0 unspecified atom stereocenters. The van der Waals surface area contributed by atoms with E-state index < -0.39 is 11.7 Å². The Hall–Kier alpha value is -2.91. The molecule has 1 aliphatic heterocycles. The predicted octanol–water partition coefficient (Wildman–Crippen LogP) is 4.25. The first kappa shape index (κ1) is 21.3. The Morgan fingerprint density at radius 1 is 1.10 bits per heavy atom. The largest absolute Gasteiger partial charge is 0.416 e. The van der Waals surface area contributed by atoms with Crippen LogP contribution in [0.25, 0.3) is 5.69 Å². The second-order valence-electron chi connectivity index (χ2n) is 7.25. The second-order valence-corrected chi connectivity index (χ2v) is 7.63. The van der Waals surface area contributed by atoms with E-state index in [1.54, 1.807) is 29.1 Å². The van der Waals surface area contributed by atoms with Crippen LogP contribution >= 0.6 is 12.2 Å². The van der Waals surface area contributed by atoms with E-state index in [0.29, 0.717) is 23.8 Å². The molecular formula is C22H21F3N4OS. The lowest BCUT2D eigenvalue weighted by Gasteiger charge is -2.29. The summed E-state index contributed by atoms with van der Waals surface area (Å²) >= 11 is 5.56. The van der Waals surface area contributed by atoms with E-state index in [0.717, 1.165) is 23.5 Å². The van der Waals surface area contributed by atoms with Gasteiger partial charge >= 0.3 is 6.18 Å². The smallest absolute Gasteiger partial charge is 0.396 e. The van der Waals surface area contributed by atoms with E-state index in [4.69, 9.17) is 12.2 Å². The lowest BCUT2D eigenvalue weighted by atomic mass is 10.0. The van der Waals surface area contributed by atoms with Crippen molar-refractivity contribution < 1.29 is 18.3 Å². The minimum Gasteiger partial charge on any atom is -0.396 e. The molecule has 1 aromatic carbocycles. The lowest BCUT2D eigenvalue weighted by molar-refractivity contribution is -0.137. The van der Waals surface area contributed by atoms with Gasteiger partial charge in [0.15, 0.2) is 5.11 Å². The van der Waals surface area contributed by atoms with Gasteiger partial charge in [0.25, 0.3) is 0 Å². The van der Waals surface area contributed by atoms with E-state index in [1.807, 2.05) is 29.2 Å². The molecule has 2 atom stereocenters. The molecule has 1 fully saturated rings. The normalized spacial score (nSPS) is 19.0. The average molecular weight is 446 g/mol. The Labute approximate surface area is 183 Å². The molecule has 9 heteroatoms. The summed E-state index contributed by atoms with van der Waals surface area (Å²) in [5, 5.41) is 13.2. The minimum absolute atomic E-state index is 0.00866. The Morgan fingerprint density at radius 3 is 2.65 bits per heavy atom. The maximum absolute atomic E-state index is 13.3. The second kappa shape index (κ2) is 8.68. The van der Waals surface area contributed by atoms with Crippen molar-refractivity contribution in [3.63, 3.8) is 0 Å². The van der Waals surface area contributed by atoms with Crippen molar-refractivity contribution >= 4 is 17.3 Å². The third-order valence-electron chi connectivity index (χ3n) is 5.29. The van der Waals surface area contributed by atoms with Crippen molar-refractivity contribution in [3.8, 4) is 5.69 Å². The Bertz CT molecular complexity index is 1050. The van der Waals surface area contributed by atoms with Crippen LogP contribution in [0, 0.1) is 0 Å². The fourth-order valence-electron chi connectivity index (χ4n) is 3.91. The van der Waals surface area contributed by atoms with Crippen LogP contribution in [0.1, 0.15) is 35.5 Å². The molecule has 1 aliphatic rings. The van der Waals surface area contributed by atoms with Gasteiger partial charge in [0.2, 0.25) is 0 Å². The van der Waals surface area contributed by atoms with E-state index in [1.165, 1.54) is 6.07 Å². The number of benzene rings is 1. The molecule has 162 valence electrons. The number of hydrogen-bond acceptors (Lipinski definition) is 3. The number of nitrogens with zero attached hydrogens (tertiary/aromatic N) is 3. The number of aliphatic hydroxyl groups is 1. The standard InChI is InChI=1S/C22H21F3N4OS/c23-22(24,25)15-6-3-7-16(14-15)28-11-4-9-18(28)20-19(17-8-1-2-10-26-17)27-21(31)29(20)12-5-13-30/h1-4,6-11,14,19-20,30H,5,12-13H2,(H,27,31)/t19-,20-/m0/s1. The first-order chi connectivity index (χ1) is 14.9. The van der Waals surface area contributed by atoms with E-state index in [2.05, 4.69) is 10.3 Å². The SMILES string of the molecule is OCCCN1C(=S)N[C@@H](c2ccccn2)[C@@H]1c1cccn1-c1cccc(C(F)(F)F)c1. The highest BCUT2D eigenvalue weighted by Gasteiger charge is 2.41. The van der Waals surface area contributed by atoms with Gasteiger partial charge in [-0.15, -0.1) is 0 Å². The van der Waals surface area contributed by atoms with Gasteiger partial charge in [-0.2, -0.15) is 13.2 Å². The molecule has 31 heavy (non-hydrogen) atoms. The topological polar surface area (TPSA) is 53.3 Å². The fourth-order valence-corrected chi connectivity index (χ4v) is 4.24. The minimum atomic E-state index is -4.43. The first-order valence-electron chi connectivity index (χ1n) is 9.84. The Morgan fingerprint density at radius 2 is 1.94 bits per heavy atom. The van der Waals surface area contributed by atoms with Crippen molar-refractivity contribution in [1.82, 2.24) is 19.8 Å². The number of nitrogens with one attached hydrogen (secondary N) is 1. The van der Waals surface area contributed by atoms with Gasteiger partial charge in [-0.05, 0) is 61.1 Å². The third kappa shape index (κ3) is 4.28. The zero-order valence-electron chi connectivity index (χ0n) is 16.5. The Balaban J connectivity index is 1.79. The summed E-state index contributed by atoms with van der Waals surface area (Å²) in [7, 11) is 0. The maximum Gasteiger partial charge on any atom is 0.416 e.